The molecule has 188 valence electrons. The van der Waals surface area contributed by atoms with Gasteiger partial charge in [-0.25, -0.2) is 4.79 Å². The summed E-state index contributed by atoms with van der Waals surface area (Å²) >= 11 is 0. The van der Waals surface area contributed by atoms with E-state index in [1.807, 2.05) is 72.4 Å². The van der Waals surface area contributed by atoms with Gasteiger partial charge in [0.2, 0.25) is 5.91 Å². The fourth-order valence-electron chi connectivity index (χ4n) is 4.79. The quantitative estimate of drug-likeness (QED) is 0.398. The van der Waals surface area contributed by atoms with Gasteiger partial charge in [0, 0.05) is 23.5 Å². The summed E-state index contributed by atoms with van der Waals surface area (Å²) in [5, 5.41) is 6.36. The Labute approximate surface area is 215 Å². The molecule has 3 aromatic carbocycles. The number of hydrogen-bond donors (Lipinski definition) is 2. The van der Waals surface area contributed by atoms with Crippen molar-refractivity contribution in [2.45, 2.75) is 6.42 Å². The zero-order chi connectivity index (χ0) is 26.1. The number of fused-ring (bicyclic) bond motifs is 2. The second-order valence-electron chi connectivity index (χ2n) is 9.32. The highest BCUT2D eigenvalue weighted by molar-refractivity contribution is 6.37. The smallest absolute Gasteiger partial charge is 0.337 e. The van der Waals surface area contributed by atoms with Gasteiger partial charge in [0.1, 0.15) is 0 Å². The lowest BCUT2D eigenvalue weighted by Gasteiger charge is -2.20. The molecule has 0 atom stereocenters. The molecular formula is C29H28N4O4. The van der Waals surface area contributed by atoms with E-state index in [0.29, 0.717) is 41.2 Å². The lowest BCUT2D eigenvalue weighted by Crippen LogP contribution is -2.36. The third-order valence-corrected chi connectivity index (χ3v) is 6.49. The van der Waals surface area contributed by atoms with Crippen molar-refractivity contribution in [1.82, 2.24) is 4.90 Å². The standard InChI is InChI=1S/C29H28N4O4/c1-32(2)17-25(34)33-14-13-19-15-21(10-12-24(19)33)30-27(18-7-5-4-6-8-18)26-22-11-9-20(29(36)37-3)16-23(22)31-28(26)35/h4-12,15-16,30H,13-14,17H2,1-3H3,(H,31,35)/b27-26-. The van der Waals surface area contributed by atoms with Crippen LogP contribution in [0.5, 0.6) is 0 Å². The molecule has 0 spiro atoms. The minimum atomic E-state index is -0.466. The molecule has 0 aliphatic carbocycles. The zero-order valence-corrected chi connectivity index (χ0v) is 21.0. The molecule has 2 N–H and O–H groups in total. The Balaban J connectivity index is 1.54. The van der Waals surface area contributed by atoms with Crippen molar-refractivity contribution in [2.75, 3.05) is 49.8 Å². The van der Waals surface area contributed by atoms with Crippen LogP contribution >= 0.6 is 0 Å². The average molecular weight is 497 g/mol. The van der Waals surface area contributed by atoms with Crippen molar-refractivity contribution in [1.29, 1.82) is 0 Å². The van der Waals surface area contributed by atoms with Crippen LogP contribution in [-0.2, 0) is 20.7 Å². The number of carbonyl (C=O) groups excluding carboxylic acids is 3. The van der Waals surface area contributed by atoms with E-state index in [4.69, 9.17) is 4.74 Å². The van der Waals surface area contributed by atoms with Crippen molar-refractivity contribution in [3.63, 3.8) is 0 Å². The Hall–Kier alpha value is -4.43. The number of amides is 2. The van der Waals surface area contributed by atoms with Crippen LogP contribution in [0.2, 0.25) is 0 Å². The monoisotopic (exact) mass is 496 g/mol. The lowest BCUT2D eigenvalue weighted by atomic mass is 9.99. The number of nitrogens with zero attached hydrogens (tertiary/aromatic N) is 2. The van der Waals surface area contributed by atoms with Gasteiger partial charge < -0.3 is 25.2 Å². The Kier molecular flexibility index (Phi) is 6.50. The van der Waals surface area contributed by atoms with Crippen LogP contribution in [0.1, 0.15) is 27.0 Å². The van der Waals surface area contributed by atoms with E-state index in [0.717, 1.165) is 28.9 Å². The summed E-state index contributed by atoms with van der Waals surface area (Å²) in [4.78, 5) is 41.6. The first-order chi connectivity index (χ1) is 17.9. The van der Waals surface area contributed by atoms with Gasteiger partial charge in [-0.05, 0) is 62.0 Å². The van der Waals surface area contributed by atoms with Crippen molar-refractivity contribution in [3.8, 4) is 0 Å². The summed E-state index contributed by atoms with van der Waals surface area (Å²) in [7, 11) is 5.09. The first kappa shape index (κ1) is 24.3. The van der Waals surface area contributed by atoms with Gasteiger partial charge in [-0.3, -0.25) is 9.59 Å². The fourth-order valence-corrected chi connectivity index (χ4v) is 4.79. The molecule has 0 saturated heterocycles. The number of benzene rings is 3. The first-order valence-electron chi connectivity index (χ1n) is 12.0. The van der Waals surface area contributed by atoms with E-state index < -0.39 is 5.97 Å². The maximum atomic E-state index is 13.2. The van der Waals surface area contributed by atoms with Gasteiger partial charge >= 0.3 is 5.97 Å². The molecule has 0 bridgehead atoms. The van der Waals surface area contributed by atoms with Gasteiger partial charge in [-0.1, -0.05) is 36.4 Å². The van der Waals surface area contributed by atoms with Crippen LogP contribution in [0, 0.1) is 0 Å². The number of anilines is 3. The van der Waals surface area contributed by atoms with Crippen LogP contribution in [0.25, 0.3) is 11.3 Å². The Morgan fingerprint density at radius 2 is 1.81 bits per heavy atom. The van der Waals surface area contributed by atoms with E-state index in [-0.39, 0.29) is 11.8 Å². The van der Waals surface area contributed by atoms with Crippen LogP contribution < -0.4 is 15.5 Å². The highest BCUT2D eigenvalue weighted by Gasteiger charge is 2.30. The highest BCUT2D eigenvalue weighted by Crippen LogP contribution is 2.39. The number of methoxy groups -OCH3 is 1. The Morgan fingerprint density at radius 1 is 1.03 bits per heavy atom. The molecule has 2 aliphatic heterocycles. The molecule has 8 heteroatoms. The van der Waals surface area contributed by atoms with Crippen LogP contribution in [0.3, 0.4) is 0 Å². The van der Waals surface area contributed by atoms with Crippen molar-refractivity contribution in [3.05, 3.63) is 89.0 Å². The number of ether oxygens (including phenoxy) is 1. The largest absolute Gasteiger partial charge is 0.465 e. The number of rotatable bonds is 6. The minimum absolute atomic E-state index is 0.0714. The van der Waals surface area contributed by atoms with E-state index in [2.05, 4.69) is 10.6 Å². The second kappa shape index (κ2) is 9.91. The Morgan fingerprint density at radius 3 is 2.54 bits per heavy atom. The average Bonchev–Trinajstić information content (AvgIpc) is 3.46. The summed E-state index contributed by atoms with van der Waals surface area (Å²) in [6, 6.07) is 20.6. The van der Waals surface area contributed by atoms with Gasteiger partial charge in [0.15, 0.2) is 0 Å². The zero-order valence-electron chi connectivity index (χ0n) is 21.0. The molecule has 5 rings (SSSR count). The van der Waals surface area contributed by atoms with Gasteiger partial charge in [0.05, 0.1) is 36.2 Å². The maximum Gasteiger partial charge on any atom is 0.337 e. The van der Waals surface area contributed by atoms with Crippen molar-refractivity contribution >= 4 is 46.1 Å². The summed E-state index contributed by atoms with van der Waals surface area (Å²) in [6.07, 6.45) is 0.765. The molecule has 0 radical (unpaired) electrons. The molecular weight excluding hydrogens is 468 g/mol. The number of nitrogens with one attached hydrogen (secondary N) is 2. The minimum Gasteiger partial charge on any atom is -0.465 e. The van der Waals surface area contributed by atoms with E-state index in [1.54, 1.807) is 18.2 Å². The number of likely N-dealkylation sites (N-methyl/N-ethyl adjacent to an activating group) is 1. The topological polar surface area (TPSA) is 91.0 Å². The third-order valence-electron chi connectivity index (χ3n) is 6.49. The maximum absolute atomic E-state index is 13.2. The Bertz CT molecular complexity index is 1430. The molecule has 0 aromatic heterocycles. The summed E-state index contributed by atoms with van der Waals surface area (Å²) in [6.45, 7) is 1.01. The molecule has 2 aliphatic rings. The summed E-state index contributed by atoms with van der Waals surface area (Å²) < 4.78 is 4.82. The first-order valence-corrected chi connectivity index (χ1v) is 12.0. The van der Waals surface area contributed by atoms with Crippen LogP contribution in [0.4, 0.5) is 17.1 Å². The second-order valence-corrected chi connectivity index (χ2v) is 9.32. The molecule has 37 heavy (non-hydrogen) atoms. The van der Waals surface area contributed by atoms with Gasteiger partial charge in [-0.15, -0.1) is 0 Å². The summed E-state index contributed by atoms with van der Waals surface area (Å²) in [5.74, 6) is -0.653. The molecule has 3 aromatic rings. The predicted molar refractivity (Wildman–Crippen MR) is 144 cm³/mol. The fraction of sp³-hybridized carbons (Fsp3) is 0.207. The molecule has 0 fully saturated rings. The molecule has 0 unspecified atom stereocenters. The molecule has 2 amide bonds. The third kappa shape index (κ3) is 4.71. The van der Waals surface area contributed by atoms with Crippen LogP contribution in [-0.4, -0.2) is 57.0 Å². The molecule has 2 heterocycles. The normalized spacial score (nSPS) is 15.2. The van der Waals surface area contributed by atoms with E-state index in [1.165, 1.54) is 7.11 Å². The van der Waals surface area contributed by atoms with Crippen molar-refractivity contribution in [2.24, 2.45) is 0 Å². The highest BCUT2D eigenvalue weighted by atomic mass is 16.5. The van der Waals surface area contributed by atoms with E-state index >= 15 is 0 Å². The number of hydrogen-bond acceptors (Lipinski definition) is 6. The van der Waals surface area contributed by atoms with Crippen molar-refractivity contribution < 1.29 is 19.1 Å². The number of esters is 1. The predicted octanol–water partition coefficient (Wildman–Crippen LogP) is 3.86. The molecule has 8 nitrogen and oxygen atoms in total. The van der Waals surface area contributed by atoms with Gasteiger partial charge in [-0.2, -0.15) is 0 Å². The SMILES string of the molecule is COC(=O)c1ccc2c(c1)NC(=O)/C2=C(\Nc1ccc2c(c1)CCN2C(=O)CN(C)C)c1ccccc1. The van der Waals surface area contributed by atoms with Crippen LogP contribution in [0.15, 0.2) is 66.7 Å². The van der Waals surface area contributed by atoms with Gasteiger partial charge in [0.25, 0.3) is 5.91 Å². The summed E-state index contributed by atoms with van der Waals surface area (Å²) in [5.41, 5.74) is 6.43. The van der Waals surface area contributed by atoms with E-state index in [9.17, 15) is 14.4 Å². The molecule has 0 saturated carbocycles. The lowest BCUT2D eigenvalue weighted by molar-refractivity contribution is -0.119. The number of carbonyl (C=O) groups is 3.